The number of nitrogens with zero attached hydrogens (tertiary/aromatic N) is 5. The van der Waals surface area contributed by atoms with Crippen LogP contribution in [0.25, 0.3) is 5.69 Å². The largest absolute Gasteiger partial charge is 0.481 e. The molecule has 0 saturated heterocycles. The van der Waals surface area contributed by atoms with Crippen molar-refractivity contribution in [1.82, 2.24) is 24.5 Å². The average molecular weight is 365 g/mol. The molecule has 1 aliphatic rings. The summed E-state index contributed by atoms with van der Waals surface area (Å²) in [5.74, 6) is -0.781. The minimum atomic E-state index is -0.781. The number of hydrogen-bond donors (Lipinski definition) is 1. The van der Waals surface area contributed by atoms with Gasteiger partial charge >= 0.3 is 5.97 Å². The summed E-state index contributed by atoms with van der Waals surface area (Å²) >= 11 is 0. The topological polar surface area (TPSA) is 76.2 Å². The van der Waals surface area contributed by atoms with E-state index in [0.717, 1.165) is 49.7 Å². The summed E-state index contributed by atoms with van der Waals surface area (Å²) in [5.41, 5.74) is 4.35. The molecule has 3 heterocycles. The van der Waals surface area contributed by atoms with Crippen LogP contribution < -0.4 is 0 Å². The van der Waals surface area contributed by atoms with Crippen molar-refractivity contribution in [1.29, 1.82) is 0 Å². The molecule has 4 rings (SSSR count). The van der Waals surface area contributed by atoms with Crippen LogP contribution in [0, 0.1) is 0 Å². The second-order valence-electron chi connectivity index (χ2n) is 6.93. The predicted molar refractivity (Wildman–Crippen MR) is 100 cm³/mol. The van der Waals surface area contributed by atoms with Gasteiger partial charge in [-0.2, -0.15) is 10.2 Å². The molecule has 7 nitrogen and oxygen atoms in total. The van der Waals surface area contributed by atoms with E-state index in [1.807, 2.05) is 21.6 Å². The number of aromatic nitrogens is 4. The second-order valence-corrected chi connectivity index (χ2v) is 6.93. The number of aliphatic carboxylic acids is 1. The van der Waals surface area contributed by atoms with Gasteiger partial charge in [-0.3, -0.25) is 14.4 Å². The fraction of sp³-hybridized carbons (Fsp3) is 0.350. The molecule has 7 heteroatoms. The number of carbonyl (C=O) groups is 1. The molecule has 0 radical (unpaired) electrons. The zero-order valence-electron chi connectivity index (χ0n) is 15.2. The monoisotopic (exact) mass is 365 g/mol. The van der Waals surface area contributed by atoms with Gasteiger partial charge in [-0.1, -0.05) is 12.1 Å². The molecule has 0 saturated carbocycles. The quantitative estimate of drug-likeness (QED) is 0.726. The third kappa shape index (κ3) is 4.25. The lowest BCUT2D eigenvalue weighted by atomic mass is 10.1. The molecular weight excluding hydrogens is 342 g/mol. The lowest BCUT2D eigenvalue weighted by Crippen LogP contribution is -2.22. The molecule has 1 aromatic carbocycles. The highest BCUT2D eigenvalue weighted by atomic mass is 16.4. The van der Waals surface area contributed by atoms with Crippen LogP contribution in [-0.4, -0.2) is 42.1 Å². The molecule has 1 aliphatic heterocycles. The van der Waals surface area contributed by atoms with Gasteiger partial charge in [0.1, 0.15) is 0 Å². The lowest BCUT2D eigenvalue weighted by Gasteiger charge is -2.20. The zero-order valence-corrected chi connectivity index (χ0v) is 15.2. The average Bonchev–Trinajstić information content (AvgIpc) is 3.27. The third-order valence-corrected chi connectivity index (χ3v) is 4.82. The normalized spacial score (nSPS) is 14.7. The summed E-state index contributed by atoms with van der Waals surface area (Å²) in [6, 6.07) is 12.4. The minimum Gasteiger partial charge on any atom is -0.481 e. The Morgan fingerprint density at radius 3 is 2.93 bits per heavy atom. The predicted octanol–water partition coefficient (Wildman–Crippen LogP) is 2.49. The molecule has 2 aromatic heterocycles. The van der Waals surface area contributed by atoms with Crippen molar-refractivity contribution in [2.45, 2.75) is 38.9 Å². The van der Waals surface area contributed by atoms with E-state index < -0.39 is 5.97 Å². The summed E-state index contributed by atoms with van der Waals surface area (Å²) in [6.45, 7) is 3.59. The van der Waals surface area contributed by atoms with Gasteiger partial charge in [0, 0.05) is 45.0 Å². The molecule has 1 N–H and O–H groups in total. The highest BCUT2D eigenvalue weighted by Gasteiger charge is 2.17. The van der Waals surface area contributed by atoms with Gasteiger partial charge in [-0.15, -0.1) is 0 Å². The standard InChI is InChI=1S/C20H23N5O2/c26-20(27)7-6-17-13-19-15-23(9-3-11-25(19)22-17)14-16-4-1-5-18(12-16)24-10-2-8-21-24/h1-2,4-5,8,10,12-13H,3,6-7,9,11,14-15H2,(H,26,27). The highest BCUT2D eigenvalue weighted by Crippen LogP contribution is 2.18. The van der Waals surface area contributed by atoms with Gasteiger partial charge in [0.25, 0.3) is 0 Å². The van der Waals surface area contributed by atoms with E-state index in [1.165, 1.54) is 5.56 Å². The summed E-state index contributed by atoms with van der Waals surface area (Å²) in [6.07, 6.45) is 5.38. The molecule has 3 aromatic rings. The molecule has 0 aliphatic carbocycles. The van der Waals surface area contributed by atoms with E-state index in [-0.39, 0.29) is 6.42 Å². The molecule has 140 valence electrons. The number of carboxylic acids is 1. The van der Waals surface area contributed by atoms with Crippen LogP contribution in [0.15, 0.2) is 48.8 Å². The number of fused-ring (bicyclic) bond motifs is 1. The Hall–Kier alpha value is -2.93. The van der Waals surface area contributed by atoms with Crippen LogP contribution in [0.4, 0.5) is 0 Å². The minimum absolute atomic E-state index is 0.125. The van der Waals surface area contributed by atoms with Crippen LogP contribution in [0.2, 0.25) is 0 Å². The first-order chi connectivity index (χ1) is 13.2. The SMILES string of the molecule is O=C(O)CCc1cc2n(n1)CCCN(Cc1cccc(-n3cccn3)c1)C2. The number of rotatable bonds is 6. The highest BCUT2D eigenvalue weighted by molar-refractivity contribution is 5.66. The van der Waals surface area contributed by atoms with Crippen molar-refractivity contribution in [2.75, 3.05) is 6.54 Å². The van der Waals surface area contributed by atoms with Crippen LogP contribution >= 0.6 is 0 Å². The van der Waals surface area contributed by atoms with Gasteiger partial charge in [0.15, 0.2) is 0 Å². The van der Waals surface area contributed by atoms with E-state index in [1.54, 1.807) is 6.20 Å². The van der Waals surface area contributed by atoms with Gasteiger partial charge < -0.3 is 5.11 Å². The van der Waals surface area contributed by atoms with E-state index >= 15 is 0 Å². The van der Waals surface area contributed by atoms with Crippen LogP contribution in [0.1, 0.15) is 29.8 Å². The maximum atomic E-state index is 10.8. The fourth-order valence-electron chi connectivity index (χ4n) is 3.56. The first-order valence-corrected chi connectivity index (χ1v) is 9.26. The van der Waals surface area contributed by atoms with Crippen LogP contribution in [0.3, 0.4) is 0 Å². The zero-order chi connectivity index (χ0) is 18.6. The molecule has 0 amide bonds. The van der Waals surface area contributed by atoms with Crippen LogP contribution in [-0.2, 0) is 30.8 Å². The first kappa shape index (κ1) is 17.5. The summed E-state index contributed by atoms with van der Waals surface area (Å²) in [5, 5.41) is 17.8. The van der Waals surface area contributed by atoms with Crippen LogP contribution in [0.5, 0.6) is 0 Å². The first-order valence-electron chi connectivity index (χ1n) is 9.26. The Balaban J connectivity index is 1.46. The smallest absolute Gasteiger partial charge is 0.303 e. The van der Waals surface area contributed by atoms with Crippen molar-refractivity contribution in [3.63, 3.8) is 0 Å². The Morgan fingerprint density at radius 1 is 1.19 bits per heavy atom. The Kier molecular flexibility index (Phi) is 5.02. The maximum Gasteiger partial charge on any atom is 0.303 e. The van der Waals surface area contributed by atoms with Crippen molar-refractivity contribution < 1.29 is 9.90 Å². The number of aryl methyl sites for hydroxylation is 2. The lowest BCUT2D eigenvalue weighted by molar-refractivity contribution is -0.136. The van der Waals surface area contributed by atoms with Crippen molar-refractivity contribution in [3.8, 4) is 5.69 Å². The van der Waals surface area contributed by atoms with Crippen molar-refractivity contribution >= 4 is 5.97 Å². The Bertz CT molecular complexity index is 916. The molecule has 0 bridgehead atoms. The molecule has 0 fully saturated rings. The maximum absolute atomic E-state index is 10.8. The Morgan fingerprint density at radius 2 is 2.11 bits per heavy atom. The second kappa shape index (κ2) is 7.75. The fourth-order valence-corrected chi connectivity index (χ4v) is 3.56. The third-order valence-electron chi connectivity index (χ3n) is 4.82. The summed E-state index contributed by atoms with van der Waals surface area (Å²) in [7, 11) is 0. The van der Waals surface area contributed by atoms with Gasteiger partial charge in [-0.25, -0.2) is 4.68 Å². The van der Waals surface area contributed by atoms with Crippen molar-refractivity contribution in [3.05, 3.63) is 65.7 Å². The van der Waals surface area contributed by atoms with Gasteiger partial charge in [0.2, 0.25) is 0 Å². The summed E-state index contributed by atoms with van der Waals surface area (Å²) in [4.78, 5) is 13.2. The number of hydrogen-bond acceptors (Lipinski definition) is 4. The van der Waals surface area contributed by atoms with E-state index in [2.05, 4.69) is 45.4 Å². The van der Waals surface area contributed by atoms with E-state index in [0.29, 0.717) is 6.42 Å². The number of benzene rings is 1. The molecule has 0 unspecified atom stereocenters. The summed E-state index contributed by atoms with van der Waals surface area (Å²) < 4.78 is 3.91. The van der Waals surface area contributed by atoms with Gasteiger partial charge in [-0.05, 0) is 36.2 Å². The number of carboxylic acid groups (broad SMARTS) is 1. The molecule has 27 heavy (non-hydrogen) atoms. The molecule has 0 spiro atoms. The molecule has 0 atom stereocenters. The Labute approximate surface area is 157 Å². The molecular formula is C20H23N5O2. The van der Waals surface area contributed by atoms with E-state index in [4.69, 9.17) is 5.11 Å². The van der Waals surface area contributed by atoms with E-state index in [9.17, 15) is 4.79 Å². The van der Waals surface area contributed by atoms with Crippen molar-refractivity contribution in [2.24, 2.45) is 0 Å². The van der Waals surface area contributed by atoms with Gasteiger partial charge in [0.05, 0.1) is 23.5 Å².